The number of nitrogen functional groups attached to an aromatic ring is 1. The minimum Gasteiger partial charge on any atom is -0.454 e. The summed E-state index contributed by atoms with van der Waals surface area (Å²) in [7, 11) is 0. The Bertz CT molecular complexity index is 619. The summed E-state index contributed by atoms with van der Waals surface area (Å²) in [5.74, 6) is 2.32. The van der Waals surface area contributed by atoms with Crippen LogP contribution in [0.5, 0.6) is 11.5 Å². The number of rotatable bonds is 3. The fourth-order valence-electron chi connectivity index (χ4n) is 1.89. The van der Waals surface area contributed by atoms with E-state index >= 15 is 0 Å². The molecule has 6 heteroatoms. The average Bonchev–Trinajstić information content (AvgIpc) is 2.86. The van der Waals surface area contributed by atoms with Gasteiger partial charge in [0.2, 0.25) is 6.79 Å². The zero-order valence-corrected chi connectivity index (χ0v) is 11.6. The maximum Gasteiger partial charge on any atom is 0.231 e. The van der Waals surface area contributed by atoms with Crippen LogP contribution >= 0.6 is 15.9 Å². The average molecular weight is 322 g/mol. The second-order valence-corrected chi connectivity index (χ2v) is 4.96. The van der Waals surface area contributed by atoms with Crippen molar-refractivity contribution in [1.29, 1.82) is 0 Å². The number of nitrogens with one attached hydrogen (secondary N) is 1. The molecule has 2 heterocycles. The highest BCUT2D eigenvalue weighted by Gasteiger charge is 2.17. The van der Waals surface area contributed by atoms with Crippen molar-refractivity contribution in [2.75, 3.05) is 17.8 Å². The lowest BCUT2D eigenvalue weighted by Gasteiger charge is -2.09. The normalized spacial score (nSPS) is 12.5. The van der Waals surface area contributed by atoms with Gasteiger partial charge in [0.25, 0.3) is 0 Å². The number of pyridine rings is 1. The van der Waals surface area contributed by atoms with E-state index in [1.165, 1.54) is 0 Å². The molecule has 19 heavy (non-hydrogen) atoms. The highest BCUT2D eigenvalue weighted by atomic mass is 79.9. The minimum absolute atomic E-state index is 0.274. The number of hydrogen-bond donors (Lipinski definition) is 2. The molecule has 0 spiro atoms. The molecule has 0 saturated carbocycles. The van der Waals surface area contributed by atoms with Crippen LogP contribution in [0.2, 0.25) is 0 Å². The van der Waals surface area contributed by atoms with Crippen molar-refractivity contribution in [3.63, 3.8) is 0 Å². The van der Waals surface area contributed by atoms with E-state index in [2.05, 4.69) is 26.2 Å². The Labute approximate surface area is 118 Å². The lowest BCUT2D eigenvalue weighted by atomic mass is 10.2. The van der Waals surface area contributed by atoms with Gasteiger partial charge < -0.3 is 20.5 Å². The highest BCUT2D eigenvalue weighted by molar-refractivity contribution is 9.10. The summed E-state index contributed by atoms with van der Waals surface area (Å²) in [5, 5.41) is 3.24. The van der Waals surface area contributed by atoms with Crippen molar-refractivity contribution in [2.24, 2.45) is 0 Å². The van der Waals surface area contributed by atoms with Crippen molar-refractivity contribution < 1.29 is 9.47 Å². The summed E-state index contributed by atoms with van der Waals surface area (Å²) >= 11 is 3.42. The van der Waals surface area contributed by atoms with Crippen molar-refractivity contribution >= 4 is 27.4 Å². The summed E-state index contributed by atoms with van der Waals surface area (Å²) in [5.41, 5.74) is 7.30. The largest absolute Gasteiger partial charge is 0.454 e. The van der Waals surface area contributed by atoms with Gasteiger partial charge in [-0.1, -0.05) is 12.1 Å². The molecule has 2 aromatic rings. The van der Waals surface area contributed by atoms with E-state index in [9.17, 15) is 0 Å². The van der Waals surface area contributed by atoms with Gasteiger partial charge in [0, 0.05) is 12.1 Å². The zero-order valence-electron chi connectivity index (χ0n) is 10.0. The number of ether oxygens (including phenoxy) is 2. The zero-order chi connectivity index (χ0) is 13.2. The summed E-state index contributed by atoms with van der Waals surface area (Å²) in [6.07, 6.45) is 1.61. The molecular formula is C13H12BrN3O2. The smallest absolute Gasteiger partial charge is 0.231 e. The van der Waals surface area contributed by atoms with Crippen molar-refractivity contribution in [3.05, 3.63) is 40.5 Å². The van der Waals surface area contributed by atoms with E-state index in [1.54, 1.807) is 6.20 Å². The Kier molecular flexibility index (Phi) is 3.16. The maximum atomic E-state index is 5.65. The van der Waals surface area contributed by atoms with Gasteiger partial charge in [0.1, 0.15) is 5.82 Å². The number of hydrogen-bond acceptors (Lipinski definition) is 5. The maximum absolute atomic E-state index is 5.65. The number of nitrogens with two attached hydrogens (primary N) is 1. The molecule has 0 bridgehead atoms. The SMILES string of the molecule is Nc1cnc(NCc2cccc3c2OCO3)c(Br)c1. The molecule has 0 saturated heterocycles. The molecule has 1 aromatic heterocycles. The lowest BCUT2D eigenvalue weighted by molar-refractivity contribution is 0.173. The summed E-state index contributed by atoms with van der Waals surface area (Å²) in [6, 6.07) is 7.63. The van der Waals surface area contributed by atoms with Crippen LogP contribution in [0.3, 0.4) is 0 Å². The predicted octanol–water partition coefficient (Wildman–Crippen LogP) is 2.77. The number of benzene rings is 1. The van der Waals surface area contributed by atoms with Crippen molar-refractivity contribution in [3.8, 4) is 11.5 Å². The number of para-hydroxylation sites is 1. The van der Waals surface area contributed by atoms with Gasteiger partial charge in [-0.05, 0) is 28.1 Å². The first-order chi connectivity index (χ1) is 9.24. The summed E-state index contributed by atoms with van der Waals surface area (Å²) in [6.45, 7) is 0.873. The molecule has 3 rings (SSSR count). The van der Waals surface area contributed by atoms with E-state index < -0.39 is 0 Å². The number of fused-ring (bicyclic) bond motifs is 1. The molecule has 1 aromatic carbocycles. The van der Waals surface area contributed by atoms with Gasteiger partial charge in [0.05, 0.1) is 16.4 Å². The molecule has 3 N–H and O–H groups in total. The molecule has 5 nitrogen and oxygen atoms in total. The predicted molar refractivity (Wildman–Crippen MR) is 76.2 cm³/mol. The van der Waals surface area contributed by atoms with Gasteiger partial charge >= 0.3 is 0 Å². The third-order valence-electron chi connectivity index (χ3n) is 2.79. The topological polar surface area (TPSA) is 69.4 Å². The van der Waals surface area contributed by atoms with E-state index in [-0.39, 0.29) is 6.79 Å². The fraction of sp³-hybridized carbons (Fsp3) is 0.154. The summed E-state index contributed by atoms with van der Waals surface area (Å²) in [4.78, 5) is 4.23. The second-order valence-electron chi connectivity index (χ2n) is 4.10. The number of halogens is 1. The first-order valence-corrected chi connectivity index (χ1v) is 6.56. The first-order valence-electron chi connectivity index (χ1n) is 5.76. The molecule has 1 aliphatic rings. The van der Waals surface area contributed by atoms with Crippen molar-refractivity contribution in [2.45, 2.75) is 6.54 Å². The molecule has 1 aliphatic heterocycles. The number of anilines is 2. The van der Waals surface area contributed by atoms with E-state index in [4.69, 9.17) is 15.2 Å². The Morgan fingerprint density at radius 3 is 3.11 bits per heavy atom. The molecule has 0 aliphatic carbocycles. The standard InChI is InChI=1S/C13H12BrN3O2/c14-10-4-9(15)6-17-13(10)16-5-8-2-1-3-11-12(8)19-7-18-11/h1-4,6H,5,7,15H2,(H,16,17). The molecule has 0 amide bonds. The van der Waals surface area contributed by atoms with E-state index in [0.29, 0.717) is 12.2 Å². The van der Waals surface area contributed by atoms with Crippen LogP contribution in [-0.4, -0.2) is 11.8 Å². The first kappa shape index (κ1) is 12.1. The number of nitrogens with zero attached hydrogens (tertiary/aromatic N) is 1. The van der Waals surface area contributed by atoms with Crippen LogP contribution in [-0.2, 0) is 6.54 Å². The third kappa shape index (κ3) is 2.44. The Balaban J connectivity index is 1.78. The second kappa shape index (κ2) is 4.97. The van der Waals surface area contributed by atoms with Crippen LogP contribution in [0, 0.1) is 0 Å². The van der Waals surface area contributed by atoms with Crippen LogP contribution in [0.4, 0.5) is 11.5 Å². The number of aromatic nitrogens is 1. The molecule has 0 atom stereocenters. The highest BCUT2D eigenvalue weighted by Crippen LogP contribution is 2.35. The molecule has 0 fully saturated rings. The monoisotopic (exact) mass is 321 g/mol. The third-order valence-corrected chi connectivity index (χ3v) is 3.39. The summed E-state index contributed by atoms with van der Waals surface area (Å²) < 4.78 is 11.6. The van der Waals surface area contributed by atoms with Crippen LogP contribution in [0.25, 0.3) is 0 Å². The van der Waals surface area contributed by atoms with Gasteiger partial charge in [0.15, 0.2) is 11.5 Å². The van der Waals surface area contributed by atoms with Crippen molar-refractivity contribution in [1.82, 2.24) is 4.98 Å². The van der Waals surface area contributed by atoms with Gasteiger partial charge in [-0.15, -0.1) is 0 Å². The lowest BCUT2D eigenvalue weighted by Crippen LogP contribution is -2.04. The fourth-order valence-corrected chi connectivity index (χ4v) is 2.40. The molecule has 98 valence electrons. The van der Waals surface area contributed by atoms with Crippen LogP contribution < -0.4 is 20.5 Å². The molecular weight excluding hydrogens is 310 g/mol. The van der Waals surface area contributed by atoms with E-state index in [1.807, 2.05) is 24.3 Å². The molecule has 0 radical (unpaired) electrons. The molecule has 0 unspecified atom stereocenters. The Morgan fingerprint density at radius 1 is 1.37 bits per heavy atom. The van der Waals surface area contributed by atoms with Gasteiger partial charge in [-0.2, -0.15) is 0 Å². The quantitative estimate of drug-likeness (QED) is 0.909. The van der Waals surface area contributed by atoms with Gasteiger partial charge in [-0.25, -0.2) is 4.98 Å². The van der Waals surface area contributed by atoms with E-state index in [0.717, 1.165) is 27.4 Å². The Hall–Kier alpha value is -1.95. The van der Waals surface area contributed by atoms with Crippen LogP contribution in [0.1, 0.15) is 5.56 Å². The van der Waals surface area contributed by atoms with Crippen LogP contribution in [0.15, 0.2) is 34.9 Å². The Morgan fingerprint density at radius 2 is 2.26 bits per heavy atom. The minimum atomic E-state index is 0.274. The van der Waals surface area contributed by atoms with Gasteiger partial charge in [-0.3, -0.25) is 0 Å².